The molecule has 4 nitrogen and oxygen atoms in total. The first kappa shape index (κ1) is 12.0. The number of benzene rings is 1. The first-order chi connectivity index (χ1) is 8.09. The number of halogens is 2. The van der Waals surface area contributed by atoms with E-state index in [0.29, 0.717) is 5.69 Å². The Kier molecular flexibility index (Phi) is 3.41. The summed E-state index contributed by atoms with van der Waals surface area (Å²) in [5.41, 5.74) is 0.573. The van der Waals surface area contributed by atoms with Crippen molar-refractivity contribution in [2.75, 3.05) is 5.32 Å². The lowest BCUT2D eigenvalue weighted by Crippen LogP contribution is -2.18. The lowest BCUT2D eigenvalue weighted by molar-refractivity contribution is 0.101. The Morgan fingerprint density at radius 3 is 2.76 bits per heavy atom. The molecule has 0 atom stereocenters. The van der Waals surface area contributed by atoms with Gasteiger partial charge in [0.1, 0.15) is 11.5 Å². The molecule has 0 saturated carbocycles. The van der Waals surface area contributed by atoms with Crippen molar-refractivity contribution in [3.05, 3.63) is 45.5 Å². The molecule has 0 radical (unpaired) electrons. The van der Waals surface area contributed by atoms with Crippen LogP contribution in [0.5, 0.6) is 0 Å². The molecular weight excluding hydrogens is 336 g/mol. The Morgan fingerprint density at radius 1 is 1.47 bits per heavy atom. The number of aryl methyl sites for hydroxylation is 1. The van der Waals surface area contributed by atoms with Gasteiger partial charge in [0.25, 0.3) is 5.91 Å². The minimum Gasteiger partial charge on any atom is -0.318 e. The number of carbonyl (C=O) groups is 1. The molecule has 88 valence electrons. The molecule has 6 heteroatoms. The van der Waals surface area contributed by atoms with Crippen molar-refractivity contribution in [1.82, 2.24) is 9.78 Å². The molecule has 1 heterocycles. The van der Waals surface area contributed by atoms with Gasteiger partial charge < -0.3 is 5.32 Å². The summed E-state index contributed by atoms with van der Waals surface area (Å²) in [6, 6.07) is 6.03. The molecule has 0 spiro atoms. The Bertz CT molecular complexity index is 548. The molecule has 17 heavy (non-hydrogen) atoms. The Morgan fingerprint density at radius 2 is 2.18 bits per heavy atom. The number of anilines is 1. The van der Waals surface area contributed by atoms with Gasteiger partial charge in [-0.3, -0.25) is 9.48 Å². The van der Waals surface area contributed by atoms with Crippen LogP contribution in [0.15, 0.2) is 30.5 Å². The highest BCUT2D eigenvalue weighted by Gasteiger charge is 2.16. The van der Waals surface area contributed by atoms with Crippen molar-refractivity contribution in [1.29, 1.82) is 0 Å². The number of rotatable bonds is 2. The first-order valence-corrected chi connectivity index (χ1v) is 5.91. The van der Waals surface area contributed by atoms with Gasteiger partial charge in [0.2, 0.25) is 0 Å². The second kappa shape index (κ2) is 4.82. The van der Waals surface area contributed by atoms with Gasteiger partial charge in [-0.05, 0) is 34.7 Å². The van der Waals surface area contributed by atoms with E-state index in [9.17, 15) is 9.18 Å². The van der Waals surface area contributed by atoms with E-state index >= 15 is 0 Å². The molecule has 0 fully saturated rings. The molecule has 0 saturated heterocycles. The first-order valence-electron chi connectivity index (χ1n) is 4.83. The molecule has 0 aliphatic heterocycles. The van der Waals surface area contributed by atoms with E-state index in [4.69, 9.17) is 0 Å². The van der Waals surface area contributed by atoms with Crippen LogP contribution >= 0.6 is 22.6 Å². The van der Waals surface area contributed by atoms with E-state index in [1.807, 2.05) is 22.6 Å². The molecule has 0 bridgehead atoms. The third-order valence-corrected chi connectivity index (χ3v) is 3.02. The van der Waals surface area contributed by atoms with Gasteiger partial charge in [0.05, 0.1) is 15.5 Å². The zero-order valence-corrected chi connectivity index (χ0v) is 11.1. The number of amides is 1. The van der Waals surface area contributed by atoms with E-state index in [1.54, 1.807) is 25.4 Å². The number of nitrogens with zero attached hydrogens (tertiary/aromatic N) is 2. The molecule has 1 N–H and O–H groups in total. The van der Waals surface area contributed by atoms with Gasteiger partial charge in [-0.25, -0.2) is 4.39 Å². The molecule has 1 aromatic carbocycles. The van der Waals surface area contributed by atoms with Gasteiger partial charge in [0, 0.05) is 7.05 Å². The predicted octanol–water partition coefficient (Wildman–Crippen LogP) is 2.42. The van der Waals surface area contributed by atoms with Gasteiger partial charge in [-0.1, -0.05) is 12.1 Å². The number of nitrogens with one attached hydrogen (secondary N) is 1. The van der Waals surface area contributed by atoms with Gasteiger partial charge >= 0.3 is 0 Å². The van der Waals surface area contributed by atoms with Crippen molar-refractivity contribution in [3.63, 3.8) is 0 Å². The average molecular weight is 345 g/mol. The summed E-state index contributed by atoms with van der Waals surface area (Å²) in [4.78, 5) is 11.9. The number of para-hydroxylation sites is 1. The van der Waals surface area contributed by atoms with Gasteiger partial charge in [-0.15, -0.1) is 0 Å². The number of carbonyl (C=O) groups excluding carboxylic acids is 1. The topological polar surface area (TPSA) is 46.9 Å². The minimum absolute atomic E-state index is 0.162. The highest BCUT2D eigenvalue weighted by atomic mass is 127. The van der Waals surface area contributed by atoms with Gasteiger partial charge in [0.15, 0.2) is 0 Å². The Balaban J connectivity index is 2.27. The second-order valence-electron chi connectivity index (χ2n) is 3.40. The fourth-order valence-electron chi connectivity index (χ4n) is 1.41. The Hall–Kier alpha value is -1.44. The van der Waals surface area contributed by atoms with Crippen LogP contribution in [0.1, 0.15) is 10.5 Å². The smallest absolute Gasteiger partial charge is 0.275 e. The molecule has 0 unspecified atom stereocenters. The molecule has 1 aromatic heterocycles. The molecule has 0 aliphatic carbocycles. The van der Waals surface area contributed by atoms with Crippen LogP contribution in [0.4, 0.5) is 10.1 Å². The van der Waals surface area contributed by atoms with Crippen LogP contribution in [0.25, 0.3) is 0 Å². The molecule has 0 aliphatic rings. The number of hydrogen-bond donors (Lipinski definition) is 1. The largest absolute Gasteiger partial charge is 0.318 e. The highest BCUT2D eigenvalue weighted by molar-refractivity contribution is 14.1. The quantitative estimate of drug-likeness (QED) is 0.850. The lowest BCUT2D eigenvalue weighted by Gasteiger charge is -2.06. The zero-order valence-electron chi connectivity index (χ0n) is 8.95. The third-order valence-electron chi connectivity index (χ3n) is 2.23. The van der Waals surface area contributed by atoms with Crippen molar-refractivity contribution >= 4 is 34.2 Å². The highest BCUT2D eigenvalue weighted by Crippen LogP contribution is 2.16. The van der Waals surface area contributed by atoms with Crippen molar-refractivity contribution in [2.24, 2.45) is 7.05 Å². The third kappa shape index (κ3) is 2.46. The maximum Gasteiger partial charge on any atom is 0.275 e. The summed E-state index contributed by atoms with van der Waals surface area (Å²) in [5.74, 6) is -0.836. The van der Waals surface area contributed by atoms with E-state index in [2.05, 4.69) is 10.4 Å². The van der Waals surface area contributed by atoms with Crippen molar-refractivity contribution in [3.8, 4) is 0 Å². The lowest BCUT2D eigenvalue weighted by atomic mass is 10.3. The normalized spacial score (nSPS) is 10.3. The number of aromatic nitrogens is 2. The Labute approximate surface area is 111 Å². The van der Waals surface area contributed by atoms with Crippen molar-refractivity contribution < 1.29 is 9.18 Å². The van der Waals surface area contributed by atoms with E-state index in [1.165, 1.54) is 16.8 Å². The summed E-state index contributed by atoms with van der Waals surface area (Å²) in [7, 11) is 1.67. The van der Waals surface area contributed by atoms with Crippen LogP contribution in [-0.2, 0) is 7.05 Å². The van der Waals surface area contributed by atoms with Crippen LogP contribution in [0.2, 0.25) is 0 Å². The maximum absolute atomic E-state index is 13.4. The van der Waals surface area contributed by atoms with Crippen molar-refractivity contribution in [2.45, 2.75) is 0 Å². The van der Waals surface area contributed by atoms with Crippen LogP contribution < -0.4 is 5.32 Å². The van der Waals surface area contributed by atoms with E-state index < -0.39 is 5.82 Å². The fourth-order valence-corrected chi connectivity index (χ4v) is 2.13. The summed E-state index contributed by atoms with van der Waals surface area (Å²) in [6.07, 6.45) is 1.58. The zero-order chi connectivity index (χ0) is 12.4. The fraction of sp³-hybridized carbons (Fsp3) is 0.0909. The monoisotopic (exact) mass is 345 g/mol. The van der Waals surface area contributed by atoms with Crippen LogP contribution in [0.3, 0.4) is 0 Å². The van der Waals surface area contributed by atoms with E-state index in [0.717, 1.165) is 3.57 Å². The SMILES string of the molecule is Cn1ncc(I)c1C(=O)Nc1ccccc1F. The molecule has 2 rings (SSSR count). The molecule has 2 aromatic rings. The minimum atomic E-state index is -0.460. The van der Waals surface area contributed by atoms with Crippen LogP contribution in [-0.4, -0.2) is 15.7 Å². The summed E-state index contributed by atoms with van der Waals surface area (Å²) >= 11 is 2.01. The second-order valence-corrected chi connectivity index (χ2v) is 4.56. The standard InChI is InChI=1S/C11H9FIN3O/c1-16-10(8(13)6-14-16)11(17)15-9-5-3-2-4-7(9)12/h2-6H,1H3,(H,15,17). The van der Waals surface area contributed by atoms with Gasteiger partial charge in [-0.2, -0.15) is 5.10 Å². The van der Waals surface area contributed by atoms with E-state index in [-0.39, 0.29) is 11.6 Å². The summed E-state index contributed by atoms with van der Waals surface area (Å²) in [5, 5.41) is 6.47. The molecular formula is C11H9FIN3O. The molecule has 1 amide bonds. The van der Waals surface area contributed by atoms with Crippen LogP contribution in [0, 0.1) is 9.39 Å². The number of hydrogen-bond acceptors (Lipinski definition) is 2. The summed E-state index contributed by atoms with van der Waals surface area (Å²) < 4.78 is 15.5. The summed E-state index contributed by atoms with van der Waals surface area (Å²) in [6.45, 7) is 0. The predicted molar refractivity (Wildman–Crippen MR) is 70.3 cm³/mol. The average Bonchev–Trinajstić information content (AvgIpc) is 2.62. The maximum atomic E-state index is 13.4.